The zero-order valence-corrected chi connectivity index (χ0v) is 44.6. The summed E-state index contributed by atoms with van der Waals surface area (Å²) in [7, 11) is 0. The molecule has 0 amide bonds. The first-order valence-electron chi connectivity index (χ1n) is 27.2. The summed E-state index contributed by atoms with van der Waals surface area (Å²) in [5.41, 5.74) is -1.32. The summed E-state index contributed by atoms with van der Waals surface area (Å²) < 4.78 is 49.6. The highest BCUT2D eigenvalue weighted by Gasteiger charge is 2.72. The molecule has 8 rings (SSSR count). The molecule has 4 heterocycles. The van der Waals surface area contributed by atoms with E-state index in [1.165, 1.54) is 6.92 Å². The van der Waals surface area contributed by atoms with E-state index in [0.29, 0.717) is 32.1 Å². The summed E-state index contributed by atoms with van der Waals surface area (Å²) in [6.07, 6.45) is -21.7. The second-order valence-corrected chi connectivity index (χ2v) is 25.2. The number of allylic oxidation sites excluding steroid dienone is 2. The molecule has 8 fully saturated rings. The molecule has 0 bridgehead atoms. The van der Waals surface area contributed by atoms with Gasteiger partial charge in [0.25, 0.3) is 0 Å². The molecule has 4 aliphatic carbocycles. The van der Waals surface area contributed by atoms with Gasteiger partial charge in [-0.05, 0) is 131 Å². The zero-order chi connectivity index (χ0) is 54.4. The topological polar surface area (TPSA) is 337 Å². The van der Waals surface area contributed by atoms with E-state index in [-0.39, 0.29) is 39.9 Å². The van der Waals surface area contributed by atoms with Crippen LogP contribution in [0.3, 0.4) is 0 Å². The standard InChI is InChI=1S/C53H90O21/c1-23(2)11-10-15-53(9,74-47-41(65)38(62)36(60)28(20-54)69-47)25-12-17-52(8)33(25)26(56)19-31-50(6)16-14-32(49(4,5)30(50)13-18-51(31,52)7)71-48-44(73-46-40(64)37(61)34(58)24(3)68-46)42(66)43(29(21-55)70-48)72-45-39(63)35(59)27(57)22-67-45/h11,24-48,54-66H,10,12-22H2,1-9H3/t24-,25-,26+,27-,28+,29+,30?,31?,32-,33-,34-,35-,36+,37+,38-,39+,40+,41+,42-,43+,44+,45-,46-,47-,48-,50-,51+,52+,53-/m0/s1. The van der Waals surface area contributed by atoms with Crippen LogP contribution in [0.5, 0.6) is 0 Å². The predicted octanol–water partition coefficient (Wildman–Crippen LogP) is -0.536. The molecular weight excluding hydrogens is 973 g/mol. The van der Waals surface area contributed by atoms with E-state index in [1.54, 1.807) is 0 Å². The lowest BCUT2D eigenvalue weighted by molar-refractivity contribution is -0.391. The lowest BCUT2D eigenvalue weighted by Gasteiger charge is -2.71. The summed E-state index contributed by atoms with van der Waals surface area (Å²) >= 11 is 0. The monoisotopic (exact) mass is 1060 g/mol. The van der Waals surface area contributed by atoms with Gasteiger partial charge >= 0.3 is 0 Å². The number of fused-ring (bicyclic) bond motifs is 5. The maximum absolute atomic E-state index is 12.8. The highest BCUT2D eigenvalue weighted by Crippen LogP contribution is 2.76. The van der Waals surface area contributed by atoms with Crippen molar-refractivity contribution >= 4 is 0 Å². The fourth-order valence-electron chi connectivity index (χ4n) is 16.0. The molecule has 0 radical (unpaired) electrons. The first-order valence-corrected chi connectivity index (χ1v) is 27.2. The normalized spacial score (nSPS) is 53.3. The molecule has 13 N–H and O–H groups in total. The largest absolute Gasteiger partial charge is 0.394 e. The Bertz CT molecular complexity index is 1920. The van der Waals surface area contributed by atoms with Crippen LogP contribution in [0.4, 0.5) is 0 Å². The van der Waals surface area contributed by atoms with Crippen molar-refractivity contribution in [1.29, 1.82) is 0 Å². The van der Waals surface area contributed by atoms with Gasteiger partial charge in [0.05, 0.1) is 43.7 Å². The highest BCUT2D eigenvalue weighted by molar-refractivity contribution is 5.20. The van der Waals surface area contributed by atoms with Crippen molar-refractivity contribution in [2.45, 2.75) is 255 Å². The van der Waals surface area contributed by atoms with E-state index in [9.17, 15) is 66.4 Å². The molecule has 0 aromatic carbocycles. The first kappa shape index (κ1) is 59.0. The van der Waals surface area contributed by atoms with Crippen molar-refractivity contribution in [1.82, 2.24) is 0 Å². The Morgan fingerprint density at radius 3 is 1.86 bits per heavy atom. The Labute approximate surface area is 434 Å². The van der Waals surface area contributed by atoms with Crippen molar-refractivity contribution in [3.05, 3.63) is 11.6 Å². The van der Waals surface area contributed by atoms with E-state index in [4.69, 9.17) is 37.9 Å². The second kappa shape index (κ2) is 22.1. The Morgan fingerprint density at radius 1 is 0.595 bits per heavy atom. The Kier molecular flexibility index (Phi) is 17.6. The van der Waals surface area contributed by atoms with Gasteiger partial charge in [-0.15, -0.1) is 0 Å². The van der Waals surface area contributed by atoms with Crippen molar-refractivity contribution in [3.8, 4) is 0 Å². The average Bonchev–Trinajstić information content (AvgIpc) is 3.73. The number of rotatable bonds is 14. The summed E-state index contributed by atoms with van der Waals surface area (Å²) in [5.74, 6) is -0.278. The van der Waals surface area contributed by atoms with E-state index < -0.39 is 160 Å². The molecule has 21 heteroatoms. The molecule has 29 atom stereocenters. The molecule has 4 saturated heterocycles. The van der Waals surface area contributed by atoms with Crippen LogP contribution in [0, 0.1) is 45.3 Å². The van der Waals surface area contributed by atoms with Crippen LogP contribution in [0.1, 0.15) is 120 Å². The number of hydrogen-bond acceptors (Lipinski definition) is 21. The second-order valence-electron chi connectivity index (χ2n) is 25.2. The quantitative estimate of drug-likeness (QED) is 0.0768. The van der Waals surface area contributed by atoms with E-state index >= 15 is 0 Å². The highest BCUT2D eigenvalue weighted by atomic mass is 16.8. The molecular formula is C53H90O21. The van der Waals surface area contributed by atoms with Gasteiger partial charge in [0.2, 0.25) is 0 Å². The van der Waals surface area contributed by atoms with E-state index in [2.05, 4.69) is 40.7 Å². The van der Waals surface area contributed by atoms with Gasteiger partial charge in [-0.2, -0.15) is 0 Å². The van der Waals surface area contributed by atoms with Gasteiger partial charge in [0.1, 0.15) is 85.5 Å². The molecule has 0 spiro atoms. The van der Waals surface area contributed by atoms with Gasteiger partial charge in [-0.1, -0.05) is 46.3 Å². The minimum Gasteiger partial charge on any atom is -0.394 e. The predicted molar refractivity (Wildman–Crippen MR) is 259 cm³/mol. The molecule has 8 aliphatic rings. The van der Waals surface area contributed by atoms with Gasteiger partial charge in [0, 0.05) is 0 Å². The van der Waals surface area contributed by atoms with Crippen LogP contribution < -0.4 is 0 Å². The third-order valence-electron chi connectivity index (χ3n) is 20.5. The van der Waals surface area contributed by atoms with Crippen LogP contribution in [0.2, 0.25) is 0 Å². The summed E-state index contributed by atoms with van der Waals surface area (Å²) in [6, 6.07) is 0. The summed E-state index contributed by atoms with van der Waals surface area (Å²) in [4.78, 5) is 0. The zero-order valence-electron chi connectivity index (χ0n) is 44.6. The molecule has 4 aliphatic heterocycles. The minimum atomic E-state index is -1.78. The number of ether oxygens (including phenoxy) is 8. The lowest BCUT2D eigenvalue weighted by Crippen LogP contribution is -2.68. The van der Waals surface area contributed by atoms with Crippen LogP contribution in [-0.4, -0.2) is 221 Å². The lowest BCUT2D eigenvalue weighted by atomic mass is 9.35. The van der Waals surface area contributed by atoms with Crippen molar-refractivity contribution in [2.24, 2.45) is 45.3 Å². The third kappa shape index (κ3) is 10.1. The van der Waals surface area contributed by atoms with E-state index in [1.807, 2.05) is 20.8 Å². The van der Waals surface area contributed by atoms with Crippen LogP contribution in [0.25, 0.3) is 0 Å². The maximum Gasteiger partial charge on any atom is 0.187 e. The number of aliphatic hydroxyl groups is 13. The fraction of sp³-hybridized carbons (Fsp3) is 0.962. The Morgan fingerprint density at radius 2 is 1.20 bits per heavy atom. The Balaban J connectivity index is 1.04. The maximum atomic E-state index is 12.8. The van der Waals surface area contributed by atoms with E-state index in [0.717, 1.165) is 31.3 Å². The van der Waals surface area contributed by atoms with Gasteiger partial charge in [-0.25, -0.2) is 0 Å². The number of hydrogen-bond donors (Lipinski definition) is 13. The fourth-order valence-corrected chi connectivity index (χ4v) is 16.0. The number of aliphatic hydroxyl groups excluding tert-OH is 13. The average molecular weight is 1060 g/mol. The summed E-state index contributed by atoms with van der Waals surface area (Å²) in [6.45, 7) is 17.2. The van der Waals surface area contributed by atoms with Crippen LogP contribution in [0.15, 0.2) is 11.6 Å². The molecule has 2 unspecified atom stereocenters. The minimum absolute atomic E-state index is 0.0468. The molecule has 0 aromatic rings. The van der Waals surface area contributed by atoms with Crippen LogP contribution >= 0.6 is 0 Å². The van der Waals surface area contributed by atoms with Crippen molar-refractivity contribution < 1.29 is 104 Å². The molecule has 0 aromatic heterocycles. The molecule has 74 heavy (non-hydrogen) atoms. The molecule has 428 valence electrons. The van der Waals surface area contributed by atoms with Gasteiger partial charge in [0.15, 0.2) is 25.2 Å². The van der Waals surface area contributed by atoms with Gasteiger partial charge in [-0.3, -0.25) is 0 Å². The van der Waals surface area contributed by atoms with Crippen LogP contribution in [-0.2, 0) is 37.9 Å². The Hall–Kier alpha value is -1.10. The van der Waals surface area contributed by atoms with Crippen molar-refractivity contribution in [3.63, 3.8) is 0 Å². The van der Waals surface area contributed by atoms with Crippen molar-refractivity contribution in [2.75, 3.05) is 19.8 Å². The molecule has 4 saturated carbocycles. The summed E-state index contributed by atoms with van der Waals surface area (Å²) in [5, 5.41) is 142. The third-order valence-corrected chi connectivity index (χ3v) is 20.5. The SMILES string of the molecule is CC(C)=CCC[C@](C)(O[C@@H]1O[C@H](CO)[C@@H](O)[C@H](O)[C@H]1O)[C@H]1CC[C@]2(C)[C@@H]1[C@H](O)CC1[C@@]3(C)CC[C@H](O[C@@H]4O[C@H](CO)[C@@H](O[C@@H]5OC[C@H](O)[C@H](O)[C@H]5O)[C@H](O)[C@H]4O[C@@H]4O[C@@H](C)[C@H](O)[C@@H](O)[C@H]4O)C(C)(C)C3CC[C@]12C. The van der Waals surface area contributed by atoms with Gasteiger partial charge < -0.3 is 104 Å². The molecule has 21 nitrogen and oxygen atoms in total. The first-order chi connectivity index (χ1) is 34.6. The smallest absolute Gasteiger partial charge is 0.187 e.